The number of fused-ring (bicyclic) bond motifs is 1. The largest absolute Gasteiger partial charge is 0.380 e. The maximum Gasteiger partial charge on any atom is 0.133 e. The molecule has 0 aliphatic carbocycles. The van der Waals surface area contributed by atoms with Crippen LogP contribution in [0.15, 0.2) is 24.3 Å². The number of para-hydroxylation sites is 1. The van der Waals surface area contributed by atoms with E-state index in [0.717, 1.165) is 17.3 Å². The minimum atomic E-state index is 0.465. The average Bonchev–Trinajstić information content (AvgIpc) is 2.68. The molecule has 1 atom stereocenters. The lowest BCUT2D eigenvalue weighted by atomic mass is 10.1. The van der Waals surface area contributed by atoms with E-state index in [1.54, 1.807) is 11.8 Å². The molecule has 0 bridgehead atoms. The number of anilines is 1. The molecule has 0 spiro atoms. The van der Waals surface area contributed by atoms with Crippen LogP contribution in [-0.4, -0.2) is 23.2 Å². The predicted molar refractivity (Wildman–Crippen MR) is 71.7 cm³/mol. The van der Waals surface area contributed by atoms with Gasteiger partial charge in [-0.05, 0) is 24.3 Å². The van der Waals surface area contributed by atoms with E-state index in [1.807, 2.05) is 6.26 Å². The van der Waals surface area contributed by atoms with Crippen LogP contribution >= 0.6 is 24.0 Å². The molecule has 0 saturated heterocycles. The summed E-state index contributed by atoms with van der Waals surface area (Å²) < 4.78 is 0.868. The Bertz CT molecular complexity index is 340. The second-order valence-electron chi connectivity index (χ2n) is 3.58. The van der Waals surface area contributed by atoms with Crippen LogP contribution in [0.5, 0.6) is 0 Å². The minimum absolute atomic E-state index is 0.465. The van der Waals surface area contributed by atoms with E-state index in [1.165, 1.54) is 11.3 Å². The number of nitrogens with one attached hydrogen (secondary N) is 2. The maximum atomic E-state index is 5.10. The van der Waals surface area contributed by atoms with Crippen LogP contribution in [0.2, 0.25) is 0 Å². The third kappa shape index (κ3) is 2.63. The molecular formula is C11H14N2S2. The van der Waals surface area contributed by atoms with Crippen LogP contribution < -0.4 is 10.6 Å². The van der Waals surface area contributed by atoms with E-state index in [4.69, 9.17) is 12.2 Å². The topological polar surface area (TPSA) is 24.1 Å². The van der Waals surface area contributed by atoms with E-state index in [9.17, 15) is 0 Å². The Morgan fingerprint density at radius 2 is 2.40 bits per heavy atom. The SMILES string of the molecule is CSC(=S)NCC1Cc2ccccc2N1. The summed E-state index contributed by atoms with van der Waals surface area (Å²) >= 11 is 6.68. The average molecular weight is 238 g/mol. The Balaban J connectivity index is 1.88. The number of hydrogen-bond acceptors (Lipinski definition) is 3. The van der Waals surface area contributed by atoms with Gasteiger partial charge in [-0.2, -0.15) is 0 Å². The molecule has 0 amide bonds. The van der Waals surface area contributed by atoms with Gasteiger partial charge in [0.05, 0.1) is 0 Å². The van der Waals surface area contributed by atoms with Crippen molar-refractivity contribution in [2.75, 3.05) is 18.1 Å². The normalized spacial score (nSPS) is 18.1. The first-order valence-electron chi connectivity index (χ1n) is 4.96. The van der Waals surface area contributed by atoms with Gasteiger partial charge in [-0.25, -0.2) is 0 Å². The van der Waals surface area contributed by atoms with Gasteiger partial charge in [-0.1, -0.05) is 30.4 Å². The third-order valence-corrected chi connectivity index (χ3v) is 3.68. The lowest BCUT2D eigenvalue weighted by molar-refractivity contribution is 0.719. The summed E-state index contributed by atoms with van der Waals surface area (Å²) in [6, 6.07) is 8.92. The number of benzene rings is 1. The summed E-state index contributed by atoms with van der Waals surface area (Å²) in [5, 5.41) is 6.72. The molecule has 0 fully saturated rings. The van der Waals surface area contributed by atoms with Crippen molar-refractivity contribution in [1.82, 2.24) is 5.32 Å². The van der Waals surface area contributed by atoms with Crippen molar-refractivity contribution in [1.29, 1.82) is 0 Å². The summed E-state index contributed by atoms with van der Waals surface area (Å²) in [4.78, 5) is 0. The zero-order valence-corrected chi connectivity index (χ0v) is 10.3. The zero-order chi connectivity index (χ0) is 10.7. The van der Waals surface area contributed by atoms with Crippen molar-refractivity contribution < 1.29 is 0 Å². The Labute approximate surface area is 99.8 Å². The summed E-state index contributed by atoms with van der Waals surface area (Å²) in [6.07, 6.45) is 3.08. The van der Waals surface area contributed by atoms with Crippen molar-refractivity contribution in [3.8, 4) is 0 Å². The molecule has 1 aromatic carbocycles. The summed E-state index contributed by atoms with van der Waals surface area (Å²) in [5.41, 5.74) is 2.67. The summed E-state index contributed by atoms with van der Waals surface area (Å²) in [7, 11) is 0. The van der Waals surface area contributed by atoms with Crippen LogP contribution in [-0.2, 0) is 6.42 Å². The molecule has 2 N–H and O–H groups in total. The first kappa shape index (κ1) is 10.8. The van der Waals surface area contributed by atoms with Gasteiger partial charge in [0.1, 0.15) is 4.32 Å². The van der Waals surface area contributed by atoms with Crippen LogP contribution in [0.4, 0.5) is 5.69 Å². The molecule has 2 nitrogen and oxygen atoms in total. The summed E-state index contributed by atoms with van der Waals surface area (Å²) in [6.45, 7) is 0.897. The van der Waals surface area contributed by atoms with E-state index in [2.05, 4.69) is 34.9 Å². The van der Waals surface area contributed by atoms with Crippen LogP contribution in [0.1, 0.15) is 5.56 Å². The van der Waals surface area contributed by atoms with Crippen molar-refractivity contribution in [3.05, 3.63) is 29.8 Å². The van der Waals surface area contributed by atoms with Crippen molar-refractivity contribution in [2.24, 2.45) is 0 Å². The number of hydrogen-bond donors (Lipinski definition) is 2. The Kier molecular flexibility index (Phi) is 3.49. The second kappa shape index (κ2) is 4.86. The minimum Gasteiger partial charge on any atom is -0.380 e. The fraction of sp³-hybridized carbons (Fsp3) is 0.364. The first-order valence-corrected chi connectivity index (χ1v) is 6.59. The summed E-state index contributed by atoms with van der Waals surface area (Å²) in [5.74, 6) is 0. The van der Waals surface area contributed by atoms with Crippen LogP contribution in [0.25, 0.3) is 0 Å². The van der Waals surface area contributed by atoms with E-state index >= 15 is 0 Å². The Morgan fingerprint density at radius 1 is 1.60 bits per heavy atom. The highest BCUT2D eigenvalue weighted by atomic mass is 32.2. The zero-order valence-electron chi connectivity index (χ0n) is 8.62. The van der Waals surface area contributed by atoms with Gasteiger partial charge in [0.15, 0.2) is 0 Å². The molecule has 1 aliphatic rings. The van der Waals surface area contributed by atoms with E-state index in [0.29, 0.717) is 6.04 Å². The third-order valence-electron chi connectivity index (χ3n) is 2.52. The van der Waals surface area contributed by atoms with Gasteiger partial charge in [0.2, 0.25) is 0 Å². The first-order chi connectivity index (χ1) is 7.29. The van der Waals surface area contributed by atoms with Crippen LogP contribution in [0, 0.1) is 0 Å². The lowest BCUT2D eigenvalue weighted by Crippen LogP contribution is -2.33. The Morgan fingerprint density at radius 3 is 3.13 bits per heavy atom. The fourth-order valence-corrected chi connectivity index (χ4v) is 2.09. The molecular weight excluding hydrogens is 224 g/mol. The van der Waals surface area contributed by atoms with E-state index < -0.39 is 0 Å². The highest BCUT2D eigenvalue weighted by Gasteiger charge is 2.19. The van der Waals surface area contributed by atoms with Crippen molar-refractivity contribution in [2.45, 2.75) is 12.5 Å². The molecule has 1 aromatic rings. The maximum absolute atomic E-state index is 5.10. The molecule has 2 rings (SSSR count). The molecule has 0 aromatic heterocycles. The quantitative estimate of drug-likeness (QED) is 0.772. The van der Waals surface area contributed by atoms with Gasteiger partial charge >= 0.3 is 0 Å². The number of rotatable bonds is 2. The van der Waals surface area contributed by atoms with Gasteiger partial charge < -0.3 is 10.6 Å². The highest BCUT2D eigenvalue weighted by molar-refractivity contribution is 8.22. The van der Waals surface area contributed by atoms with E-state index in [-0.39, 0.29) is 0 Å². The monoisotopic (exact) mass is 238 g/mol. The Hall–Kier alpha value is -0.740. The van der Waals surface area contributed by atoms with Gasteiger partial charge in [0, 0.05) is 18.3 Å². The fourth-order valence-electron chi connectivity index (χ4n) is 1.78. The van der Waals surface area contributed by atoms with Gasteiger partial charge in [-0.3, -0.25) is 0 Å². The molecule has 1 heterocycles. The van der Waals surface area contributed by atoms with Gasteiger partial charge in [-0.15, -0.1) is 11.8 Å². The smallest absolute Gasteiger partial charge is 0.133 e. The molecule has 4 heteroatoms. The standard InChI is InChI=1S/C11H14N2S2/c1-15-11(14)12-7-9-6-8-4-2-3-5-10(8)13-9/h2-5,9,13H,6-7H2,1H3,(H,12,14). The predicted octanol–water partition coefficient (Wildman–Crippen LogP) is 2.26. The molecule has 80 valence electrons. The number of thioether (sulfide) groups is 1. The molecule has 1 aliphatic heterocycles. The lowest BCUT2D eigenvalue weighted by Gasteiger charge is -2.12. The molecule has 0 radical (unpaired) electrons. The van der Waals surface area contributed by atoms with Gasteiger partial charge in [0.25, 0.3) is 0 Å². The highest BCUT2D eigenvalue weighted by Crippen LogP contribution is 2.24. The van der Waals surface area contributed by atoms with Crippen molar-refractivity contribution in [3.63, 3.8) is 0 Å². The molecule has 1 unspecified atom stereocenters. The van der Waals surface area contributed by atoms with Crippen LogP contribution in [0.3, 0.4) is 0 Å². The second-order valence-corrected chi connectivity index (χ2v) is 5.06. The number of thiocarbonyl (C=S) groups is 1. The van der Waals surface area contributed by atoms with Crippen molar-refractivity contribution >= 4 is 34.0 Å². The molecule has 15 heavy (non-hydrogen) atoms. The molecule has 0 saturated carbocycles.